The lowest BCUT2D eigenvalue weighted by Gasteiger charge is -2.24. The fourth-order valence-corrected chi connectivity index (χ4v) is 6.43. The number of aromatic amines is 1. The lowest BCUT2D eigenvalue weighted by atomic mass is 9.98. The van der Waals surface area contributed by atoms with Gasteiger partial charge in [-0.25, -0.2) is 18.8 Å². The van der Waals surface area contributed by atoms with Crippen molar-refractivity contribution in [3.05, 3.63) is 124 Å². The van der Waals surface area contributed by atoms with Crippen molar-refractivity contribution in [2.75, 3.05) is 19.7 Å². The van der Waals surface area contributed by atoms with Crippen molar-refractivity contribution in [2.24, 2.45) is 0 Å². The van der Waals surface area contributed by atoms with Gasteiger partial charge in [0, 0.05) is 31.8 Å². The van der Waals surface area contributed by atoms with Crippen LogP contribution in [0, 0.1) is 0 Å². The number of hydrogen-bond donors (Lipinski definition) is 4. The lowest BCUT2D eigenvalue weighted by molar-refractivity contribution is -0.121. The third kappa shape index (κ3) is 14.8. The number of carbonyl (C=O) groups is 1. The van der Waals surface area contributed by atoms with Gasteiger partial charge in [0.15, 0.2) is 11.9 Å². The van der Waals surface area contributed by atoms with E-state index in [4.69, 9.17) is 13.8 Å². The molecule has 2 heterocycles. The van der Waals surface area contributed by atoms with Gasteiger partial charge in [0.25, 0.3) is 5.56 Å². The molecule has 0 bridgehead atoms. The van der Waals surface area contributed by atoms with Gasteiger partial charge in [-0.1, -0.05) is 85.9 Å². The predicted molar refractivity (Wildman–Crippen MR) is 201 cm³/mol. The van der Waals surface area contributed by atoms with Crippen LogP contribution in [0.25, 0.3) is 0 Å². The number of para-hydroxylation sites is 1. The first-order valence-electron chi connectivity index (χ1n) is 17.7. The lowest BCUT2D eigenvalue weighted by Crippen LogP contribution is -2.43. The first-order valence-corrected chi connectivity index (χ1v) is 19.2. The second kappa shape index (κ2) is 22.7. The number of nitrogens with zero attached hydrogens (tertiary/aromatic N) is 1. The molecule has 14 heteroatoms. The van der Waals surface area contributed by atoms with Crippen LogP contribution in [0.4, 0.5) is 4.39 Å². The summed E-state index contributed by atoms with van der Waals surface area (Å²) in [5, 5.41) is 16.1. The highest BCUT2D eigenvalue weighted by Crippen LogP contribution is 2.46. The van der Waals surface area contributed by atoms with Crippen LogP contribution < -0.4 is 26.2 Å². The van der Waals surface area contributed by atoms with Crippen molar-refractivity contribution >= 4 is 13.7 Å². The van der Waals surface area contributed by atoms with Gasteiger partial charge in [-0.3, -0.25) is 23.7 Å². The van der Waals surface area contributed by atoms with Crippen molar-refractivity contribution < 1.29 is 32.6 Å². The molecule has 0 aliphatic carbocycles. The van der Waals surface area contributed by atoms with E-state index >= 15 is 4.39 Å². The summed E-state index contributed by atoms with van der Waals surface area (Å²) in [7, 11) is -4.14. The topological polar surface area (TPSA) is 161 Å². The molecule has 1 aromatic carbocycles. The number of ether oxygens (including phenoxy) is 1. The molecule has 1 saturated heterocycles. The molecule has 1 amide bonds. The van der Waals surface area contributed by atoms with Crippen LogP contribution in [0.5, 0.6) is 5.75 Å². The minimum Gasteiger partial charge on any atom is -0.413 e. The van der Waals surface area contributed by atoms with E-state index in [0.717, 1.165) is 62.3 Å². The summed E-state index contributed by atoms with van der Waals surface area (Å²) in [6, 6.07) is 9.24. The number of allylic oxidation sites excluding steroid dienone is 10. The van der Waals surface area contributed by atoms with Gasteiger partial charge in [0.1, 0.15) is 18.0 Å². The molecule has 0 radical (unpaired) electrons. The maximum Gasteiger partial charge on any atom is 0.458 e. The predicted octanol–water partition coefficient (Wildman–Crippen LogP) is 6.35. The van der Waals surface area contributed by atoms with Crippen LogP contribution in [-0.2, 0) is 18.6 Å². The number of nitrogens with one attached hydrogen (secondary N) is 3. The summed E-state index contributed by atoms with van der Waals surface area (Å²) in [4.78, 5) is 38.1. The third-order valence-corrected chi connectivity index (χ3v) is 9.43. The van der Waals surface area contributed by atoms with Crippen LogP contribution in [0.2, 0.25) is 0 Å². The summed E-state index contributed by atoms with van der Waals surface area (Å²) in [6.45, 7) is 2.73. The molecule has 5 unspecified atom stereocenters. The Morgan fingerprint density at radius 1 is 0.981 bits per heavy atom. The highest BCUT2D eigenvalue weighted by Gasteiger charge is 2.55. The van der Waals surface area contributed by atoms with E-state index in [-0.39, 0.29) is 24.7 Å². The Labute approximate surface area is 304 Å². The van der Waals surface area contributed by atoms with Crippen molar-refractivity contribution in [3.8, 4) is 5.75 Å². The standard InChI is InChI=1S/C38H52FN4O8P/c1-3-4-5-6-7-8-9-10-11-12-13-14-15-16-17-18-22-25-33(44)40-27-28-41-52(48,51-31-23-20-19-21-24-31)49-30-32-35(46)38(2,39)36(50-32)43-29-26-34(45)42-37(43)47/h4-5,7-8,10-11,13-14,16-17,19-21,23-24,26,29,32,35-36,46H,3,6,9,12,15,18,22,25,27-28,30H2,1-2H3,(H,40,44)(H,41,48)(H,42,45,47). The summed E-state index contributed by atoms with van der Waals surface area (Å²) >= 11 is 0. The SMILES string of the molecule is CCC=CCC=CCC=CCC=CCC=CCCCC(=O)NCCNP(=O)(OCC1OC(n2ccc(=O)[nH]c2=O)C(C)(F)C1O)Oc1ccccc1. The molecule has 1 fully saturated rings. The van der Waals surface area contributed by atoms with E-state index in [9.17, 15) is 24.1 Å². The fraction of sp³-hybridized carbons (Fsp3) is 0.447. The second-order valence-corrected chi connectivity index (χ2v) is 13.9. The minimum atomic E-state index is -4.14. The molecule has 2 aromatic rings. The zero-order valence-electron chi connectivity index (χ0n) is 29.9. The van der Waals surface area contributed by atoms with Gasteiger partial charge in [-0.15, -0.1) is 0 Å². The molecule has 284 valence electrons. The Hall–Kier alpha value is -4.13. The first kappa shape index (κ1) is 42.3. The molecule has 0 spiro atoms. The highest BCUT2D eigenvalue weighted by molar-refractivity contribution is 7.52. The van der Waals surface area contributed by atoms with Gasteiger partial charge in [-0.05, 0) is 64.0 Å². The van der Waals surface area contributed by atoms with E-state index in [1.54, 1.807) is 30.3 Å². The molecule has 0 saturated carbocycles. The van der Waals surface area contributed by atoms with Gasteiger partial charge in [0.05, 0.1) is 6.61 Å². The molecule has 12 nitrogen and oxygen atoms in total. The fourth-order valence-electron chi connectivity index (χ4n) is 5.09. The Kier molecular flexibility index (Phi) is 18.5. The van der Waals surface area contributed by atoms with E-state index in [2.05, 4.69) is 78.1 Å². The third-order valence-electron chi connectivity index (χ3n) is 7.88. The van der Waals surface area contributed by atoms with E-state index in [1.807, 2.05) is 4.98 Å². The van der Waals surface area contributed by atoms with Gasteiger partial charge >= 0.3 is 13.4 Å². The number of unbranched alkanes of at least 4 members (excludes halogenated alkanes) is 1. The average molecular weight is 743 g/mol. The number of aliphatic hydroxyl groups is 1. The summed E-state index contributed by atoms with van der Waals surface area (Å²) in [5.41, 5.74) is -4.07. The van der Waals surface area contributed by atoms with E-state index in [1.165, 1.54) is 0 Å². The zero-order valence-corrected chi connectivity index (χ0v) is 30.8. The largest absolute Gasteiger partial charge is 0.458 e. The van der Waals surface area contributed by atoms with Crippen molar-refractivity contribution in [2.45, 2.75) is 89.3 Å². The molecular weight excluding hydrogens is 690 g/mol. The number of aliphatic hydroxyl groups excluding tert-OH is 1. The number of hydrogen-bond acceptors (Lipinski definition) is 8. The maximum atomic E-state index is 15.6. The Morgan fingerprint density at radius 2 is 1.60 bits per heavy atom. The number of carbonyl (C=O) groups excluding carboxylic acids is 1. The summed E-state index contributed by atoms with van der Waals surface area (Å²) in [6.07, 6.45) is 24.2. The molecule has 5 atom stereocenters. The monoisotopic (exact) mass is 742 g/mol. The van der Waals surface area contributed by atoms with Gasteiger partial charge in [-0.2, -0.15) is 0 Å². The molecule has 52 heavy (non-hydrogen) atoms. The van der Waals surface area contributed by atoms with Gasteiger partial charge in [0.2, 0.25) is 5.91 Å². The number of rotatable bonds is 23. The van der Waals surface area contributed by atoms with E-state index < -0.39 is 49.7 Å². The second-order valence-electron chi connectivity index (χ2n) is 12.2. The minimum absolute atomic E-state index is 0.00885. The van der Waals surface area contributed by atoms with Crippen molar-refractivity contribution in [1.29, 1.82) is 0 Å². The Bertz CT molecular complexity index is 1690. The van der Waals surface area contributed by atoms with Crippen molar-refractivity contribution in [1.82, 2.24) is 20.0 Å². The average Bonchev–Trinajstić information content (AvgIpc) is 3.34. The molecule has 3 rings (SSSR count). The number of alkyl halides is 1. The van der Waals surface area contributed by atoms with Crippen molar-refractivity contribution in [3.63, 3.8) is 0 Å². The number of H-pyrrole nitrogens is 1. The molecule has 1 aromatic heterocycles. The number of benzene rings is 1. The first-order chi connectivity index (χ1) is 25.1. The maximum absolute atomic E-state index is 15.6. The van der Waals surface area contributed by atoms with Crippen LogP contribution in [0.3, 0.4) is 0 Å². The number of amides is 1. The van der Waals surface area contributed by atoms with Gasteiger partial charge < -0.3 is 19.7 Å². The number of halogens is 1. The normalized spacial score (nSPS) is 22.0. The molecule has 1 aliphatic rings. The zero-order chi connectivity index (χ0) is 37.7. The van der Waals surface area contributed by atoms with Crippen LogP contribution in [0.15, 0.2) is 113 Å². The molecule has 1 aliphatic heterocycles. The van der Waals surface area contributed by atoms with Crippen LogP contribution in [0.1, 0.15) is 71.4 Å². The number of aromatic nitrogens is 2. The van der Waals surface area contributed by atoms with Crippen LogP contribution in [-0.4, -0.2) is 58.1 Å². The van der Waals surface area contributed by atoms with E-state index in [0.29, 0.717) is 12.8 Å². The smallest absolute Gasteiger partial charge is 0.413 e. The summed E-state index contributed by atoms with van der Waals surface area (Å²) < 4.78 is 47.0. The highest BCUT2D eigenvalue weighted by atomic mass is 31.2. The van der Waals surface area contributed by atoms with Crippen LogP contribution >= 0.6 is 7.75 Å². The Morgan fingerprint density at radius 3 is 2.21 bits per heavy atom. The quantitative estimate of drug-likeness (QED) is 0.0578. The summed E-state index contributed by atoms with van der Waals surface area (Å²) in [5.74, 6) is 0.0560. The Balaban J connectivity index is 1.38. The molecular formula is C38H52FN4O8P. The molecule has 4 N–H and O–H groups in total.